The van der Waals surface area contributed by atoms with E-state index in [-0.39, 0.29) is 18.3 Å². The maximum atomic E-state index is 13.0. The van der Waals surface area contributed by atoms with Crippen LogP contribution >= 0.6 is 0 Å². The van der Waals surface area contributed by atoms with Gasteiger partial charge in [-0.3, -0.25) is 9.78 Å². The van der Waals surface area contributed by atoms with Gasteiger partial charge >= 0.3 is 0 Å². The number of rotatable bonds is 8. The van der Waals surface area contributed by atoms with Crippen LogP contribution in [-0.4, -0.2) is 64.7 Å². The number of aliphatic hydroxyl groups is 1. The van der Waals surface area contributed by atoms with Gasteiger partial charge in [-0.15, -0.1) is 0 Å². The second-order valence-electron chi connectivity index (χ2n) is 8.05. The first-order valence-electron chi connectivity index (χ1n) is 10.4. The monoisotopic (exact) mass is 415 g/mol. The maximum Gasteiger partial charge on any atom is 0.223 e. The topological polar surface area (TPSA) is 65.9 Å². The van der Waals surface area contributed by atoms with Gasteiger partial charge in [0.25, 0.3) is 0 Å². The maximum absolute atomic E-state index is 13.0. The van der Waals surface area contributed by atoms with E-state index in [1.54, 1.807) is 18.3 Å². The van der Waals surface area contributed by atoms with Crippen molar-refractivity contribution in [3.05, 3.63) is 60.2 Å². The molecule has 1 fully saturated rings. The average molecular weight is 416 g/mol. The minimum Gasteiger partial charge on any atom is -0.491 e. The van der Waals surface area contributed by atoms with Crippen LogP contribution in [0.4, 0.5) is 4.39 Å². The summed E-state index contributed by atoms with van der Waals surface area (Å²) in [6, 6.07) is 9.69. The summed E-state index contributed by atoms with van der Waals surface area (Å²) < 4.78 is 18.7. The molecule has 1 aromatic carbocycles. The number of hydrogen-bond acceptors (Lipinski definition) is 5. The lowest BCUT2D eigenvalue weighted by Gasteiger charge is -2.27. The van der Waals surface area contributed by atoms with Crippen molar-refractivity contribution in [1.82, 2.24) is 14.8 Å². The molecule has 1 aliphatic heterocycles. The number of nitrogens with zero attached hydrogens (tertiary/aromatic N) is 3. The van der Waals surface area contributed by atoms with Crippen molar-refractivity contribution in [3.8, 4) is 5.75 Å². The molecule has 3 rings (SSSR count). The number of benzene rings is 1. The van der Waals surface area contributed by atoms with Gasteiger partial charge in [0.1, 0.15) is 23.8 Å². The van der Waals surface area contributed by atoms with Crippen molar-refractivity contribution in [1.29, 1.82) is 0 Å². The normalized spacial score (nSPS) is 19.5. The zero-order valence-corrected chi connectivity index (χ0v) is 17.5. The van der Waals surface area contributed by atoms with Gasteiger partial charge in [-0.25, -0.2) is 4.39 Å². The summed E-state index contributed by atoms with van der Waals surface area (Å²) in [4.78, 5) is 20.7. The van der Waals surface area contributed by atoms with Crippen molar-refractivity contribution in [2.24, 2.45) is 0 Å². The molecule has 6 nitrogen and oxygen atoms in total. The first-order valence-corrected chi connectivity index (χ1v) is 10.4. The molecule has 0 radical (unpaired) electrons. The highest BCUT2D eigenvalue weighted by molar-refractivity contribution is 5.76. The Balaban J connectivity index is 1.43. The van der Waals surface area contributed by atoms with Crippen LogP contribution in [0.25, 0.3) is 0 Å². The third-order valence-corrected chi connectivity index (χ3v) is 5.47. The van der Waals surface area contributed by atoms with E-state index in [0.29, 0.717) is 44.6 Å². The number of hydrogen-bond donors (Lipinski definition) is 1. The summed E-state index contributed by atoms with van der Waals surface area (Å²) in [6.45, 7) is 2.71. The molecule has 1 aliphatic rings. The second-order valence-corrected chi connectivity index (χ2v) is 8.05. The largest absolute Gasteiger partial charge is 0.491 e. The third kappa shape index (κ3) is 6.78. The Bertz CT molecular complexity index is 803. The van der Waals surface area contributed by atoms with E-state index in [2.05, 4.69) is 9.88 Å². The molecule has 0 bridgehead atoms. The molecule has 1 atom stereocenters. The molecule has 2 heterocycles. The third-order valence-electron chi connectivity index (χ3n) is 5.47. The van der Waals surface area contributed by atoms with Crippen LogP contribution in [0.3, 0.4) is 0 Å². The Kier molecular flexibility index (Phi) is 7.76. The van der Waals surface area contributed by atoms with Gasteiger partial charge in [0.2, 0.25) is 5.91 Å². The van der Waals surface area contributed by atoms with Gasteiger partial charge in [-0.05, 0) is 62.2 Å². The van der Waals surface area contributed by atoms with E-state index in [9.17, 15) is 14.3 Å². The molecule has 0 saturated carbocycles. The fourth-order valence-corrected chi connectivity index (χ4v) is 3.65. The van der Waals surface area contributed by atoms with Crippen LogP contribution in [0.2, 0.25) is 0 Å². The Morgan fingerprint density at radius 1 is 1.27 bits per heavy atom. The molecule has 7 heteroatoms. The summed E-state index contributed by atoms with van der Waals surface area (Å²) in [6.07, 6.45) is 5.78. The number of carbonyl (C=O) groups excluding carboxylic acids is 1. The van der Waals surface area contributed by atoms with Crippen molar-refractivity contribution in [2.45, 2.75) is 37.8 Å². The highest BCUT2D eigenvalue weighted by Crippen LogP contribution is 2.24. The van der Waals surface area contributed by atoms with Gasteiger partial charge in [0.15, 0.2) is 0 Å². The molecular formula is C23H30FN3O3. The number of pyridine rings is 1. The summed E-state index contributed by atoms with van der Waals surface area (Å²) in [5.74, 6) is 0.311. The Morgan fingerprint density at radius 3 is 2.80 bits per heavy atom. The predicted molar refractivity (Wildman–Crippen MR) is 112 cm³/mol. The molecule has 0 aliphatic carbocycles. The van der Waals surface area contributed by atoms with Crippen LogP contribution in [0.1, 0.15) is 31.2 Å². The first kappa shape index (κ1) is 22.2. The molecule has 1 saturated heterocycles. The Hall–Kier alpha value is -2.51. The lowest BCUT2D eigenvalue weighted by atomic mass is 9.96. The van der Waals surface area contributed by atoms with E-state index < -0.39 is 5.60 Å². The van der Waals surface area contributed by atoms with E-state index in [0.717, 1.165) is 18.5 Å². The number of halogens is 1. The van der Waals surface area contributed by atoms with Crippen LogP contribution < -0.4 is 4.74 Å². The van der Waals surface area contributed by atoms with Crippen LogP contribution in [0, 0.1) is 5.82 Å². The number of amides is 1. The molecule has 1 aromatic heterocycles. The molecule has 1 N–H and O–H groups in total. The van der Waals surface area contributed by atoms with E-state index in [4.69, 9.17) is 4.74 Å². The van der Waals surface area contributed by atoms with Crippen molar-refractivity contribution in [2.75, 3.05) is 33.3 Å². The summed E-state index contributed by atoms with van der Waals surface area (Å²) in [5.41, 5.74) is 0.133. The Morgan fingerprint density at radius 2 is 2.07 bits per heavy atom. The standard InChI is InChI=1S/C23H30FN3O3/c1-26(17-19-4-2-12-25-16-19)14-9-22(28)27-13-3-10-23(29,11-15-27)18-30-21-7-5-20(24)6-8-21/h2,4-8,12,16,29H,3,9-11,13-15,17-18H2,1H3. The Labute approximate surface area is 177 Å². The fraction of sp³-hybridized carbons (Fsp3) is 0.478. The summed E-state index contributed by atoms with van der Waals surface area (Å²) in [5, 5.41) is 10.9. The minimum atomic E-state index is -0.986. The second kappa shape index (κ2) is 10.5. The molecule has 30 heavy (non-hydrogen) atoms. The predicted octanol–water partition coefficient (Wildman–Crippen LogP) is 2.87. The molecule has 1 amide bonds. The van der Waals surface area contributed by atoms with Gasteiger partial charge in [0.05, 0.1) is 0 Å². The zero-order chi connectivity index (χ0) is 21.4. The van der Waals surface area contributed by atoms with Crippen LogP contribution in [0.5, 0.6) is 5.75 Å². The highest BCUT2D eigenvalue weighted by atomic mass is 19.1. The van der Waals surface area contributed by atoms with E-state index in [1.165, 1.54) is 12.1 Å². The minimum absolute atomic E-state index is 0.108. The van der Waals surface area contributed by atoms with Crippen LogP contribution in [0.15, 0.2) is 48.8 Å². The number of aromatic nitrogens is 1. The quantitative estimate of drug-likeness (QED) is 0.718. The summed E-state index contributed by atoms with van der Waals surface area (Å²) in [7, 11) is 1.99. The smallest absolute Gasteiger partial charge is 0.223 e. The van der Waals surface area contributed by atoms with E-state index in [1.807, 2.05) is 30.3 Å². The van der Waals surface area contributed by atoms with Crippen molar-refractivity contribution in [3.63, 3.8) is 0 Å². The fourth-order valence-electron chi connectivity index (χ4n) is 3.65. The van der Waals surface area contributed by atoms with Gasteiger partial charge in [0, 0.05) is 45.0 Å². The molecule has 162 valence electrons. The van der Waals surface area contributed by atoms with Gasteiger partial charge in [-0.2, -0.15) is 0 Å². The van der Waals surface area contributed by atoms with Gasteiger partial charge < -0.3 is 19.6 Å². The average Bonchev–Trinajstić information content (AvgIpc) is 2.94. The lowest BCUT2D eigenvalue weighted by Crippen LogP contribution is -2.39. The highest BCUT2D eigenvalue weighted by Gasteiger charge is 2.32. The number of likely N-dealkylation sites (tertiary alicyclic amines) is 1. The molecule has 1 unspecified atom stereocenters. The lowest BCUT2D eigenvalue weighted by molar-refractivity contribution is -0.131. The molecule has 0 spiro atoms. The molecular weight excluding hydrogens is 385 g/mol. The van der Waals surface area contributed by atoms with Crippen molar-refractivity contribution < 1.29 is 19.0 Å². The SMILES string of the molecule is CN(CCC(=O)N1CCCC(O)(COc2ccc(F)cc2)CC1)Cc1cccnc1. The van der Waals surface area contributed by atoms with Crippen molar-refractivity contribution >= 4 is 5.91 Å². The van der Waals surface area contributed by atoms with Crippen LogP contribution in [-0.2, 0) is 11.3 Å². The number of ether oxygens (including phenoxy) is 1. The van der Waals surface area contributed by atoms with E-state index >= 15 is 0 Å². The first-order chi connectivity index (χ1) is 14.4. The summed E-state index contributed by atoms with van der Waals surface area (Å²) >= 11 is 0. The van der Waals surface area contributed by atoms with Gasteiger partial charge in [-0.1, -0.05) is 6.07 Å². The zero-order valence-electron chi connectivity index (χ0n) is 17.5. The molecule has 2 aromatic rings. The number of carbonyl (C=O) groups is 1.